The van der Waals surface area contributed by atoms with Crippen molar-refractivity contribution in [2.24, 2.45) is 21.7 Å². The zero-order chi connectivity index (χ0) is 34.2. The molecule has 0 atom stereocenters. The second-order valence-corrected chi connectivity index (χ2v) is 13.1. The second kappa shape index (κ2) is 15.3. The van der Waals surface area contributed by atoms with E-state index in [1.54, 1.807) is 27.7 Å². The van der Waals surface area contributed by atoms with E-state index in [1.807, 2.05) is 0 Å². The standard InChI is InChI=1S/C38H48O8/c1-5-35(6-2)27(39)15-19-31(43)37(23-11-9-12-24-37)33(45)21-17-29(41)36(7-3,8-4)30(42)18-22-34(46)38(25-13-10-14-26-38)32(44)20-16-28(35)40/h15-22H,5-14,23-26H2,1-4H3/b19-15-,20-16+,21-17+,22-18+. The van der Waals surface area contributed by atoms with Crippen molar-refractivity contribution >= 4 is 46.3 Å². The Hall–Kier alpha value is -3.68. The van der Waals surface area contributed by atoms with Crippen molar-refractivity contribution in [2.45, 2.75) is 118 Å². The van der Waals surface area contributed by atoms with E-state index < -0.39 is 67.9 Å². The molecule has 0 saturated heterocycles. The minimum absolute atomic E-state index is 0.110. The number of carbonyl (C=O) groups is 8. The van der Waals surface area contributed by atoms with E-state index in [-0.39, 0.29) is 51.4 Å². The molecule has 0 unspecified atom stereocenters. The van der Waals surface area contributed by atoms with Gasteiger partial charge in [-0.1, -0.05) is 66.2 Å². The van der Waals surface area contributed by atoms with Gasteiger partial charge in [-0.15, -0.1) is 0 Å². The molecule has 0 aliphatic heterocycles. The molecule has 46 heavy (non-hydrogen) atoms. The van der Waals surface area contributed by atoms with Gasteiger partial charge >= 0.3 is 0 Å². The maximum absolute atomic E-state index is 13.7. The average molecular weight is 633 g/mol. The molecule has 0 N–H and O–H groups in total. The van der Waals surface area contributed by atoms with Crippen LogP contribution in [0, 0.1) is 21.7 Å². The summed E-state index contributed by atoms with van der Waals surface area (Å²) in [5, 5.41) is 0. The Bertz CT molecular complexity index is 1190. The van der Waals surface area contributed by atoms with E-state index in [0.717, 1.165) is 61.4 Å². The van der Waals surface area contributed by atoms with Gasteiger partial charge in [-0.2, -0.15) is 0 Å². The third-order valence-electron chi connectivity index (χ3n) is 11.1. The predicted octanol–water partition coefficient (Wildman–Crippen LogP) is 6.29. The first-order valence-electron chi connectivity index (χ1n) is 16.9. The van der Waals surface area contributed by atoms with Gasteiger partial charge in [-0.05, 0) is 100.0 Å². The van der Waals surface area contributed by atoms with Gasteiger partial charge in [0.1, 0.15) is 0 Å². The first kappa shape index (κ1) is 36.8. The van der Waals surface area contributed by atoms with Gasteiger partial charge in [0.25, 0.3) is 0 Å². The summed E-state index contributed by atoms with van der Waals surface area (Å²) < 4.78 is 0. The number of hydrogen-bond acceptors (Lipinski definition) is 8. The number of rotatable bonds is 4. The Morgan fingerprint density at radius 2 is 0.543 bits per heavy atom. The molecule has 0 bridgehead atoms. The molecule has 248 valence electrons. The van der Waals surface area contributed by atoms with E-state index in [2.05, 4.69) is 0 Å². The summed E-state index contributed by atoms with van der Waals surface area (Å²) in [6.45, 7) is 6.71. The quantitative estimate of drug-likeness (QED) is 0.330. The van der Waals surface area contributed by atoms with Gasteiger partial charge in [0.05, 0.1) is 21.7 Å². The highest BCUT2D eigenvalue weighted by molar-refractivity contribution is 6.24. The molecule has 8 nitrogen and oxygen atoms in total. The second-order valence-electron chi connectivity index (χ2n) is 13.1. The Balaban J connectivity index is 2.20. The van der Waals surface area contributed by atoms with Crippen LogP contribution in [-0.4, -0.2) is 46.3 Å². The summed E-state index contributed by atoms with van der Waals surface area (Å²) in [5.74, 6) is -4.68. The van der Waals surface area contributed by atoms with Gasteiger partial charge in [0.15, 0.2) is 46.3 Å². The molecule has 0 radical (unpaired) electrons. The molecular weight excluding hydrogens is 584 g/mol. The van der Waals surface area contributed by atoms with Crippen molar-refractivity contribution < 1.29 is 38.4 Å². The van der Waals surface area contributed by atoms with Crippen LogP contribution in [0.25, 0.3) is 0 Å². The third-order valence-corrected chi connectivity index (χ3v) is 11.1. The molecule has 3 aliphatic rings. The lowest BCUT2D eigenvalue weighted by atomic mass is 9.66. The average Bonchev–Trinajstić information content (AvgIpc) is 3.08. The number of ketones is 8. The summed E-state index contributed by atoms with van der Waals surface area (Å²) in [6.07, 6.45) is 14.1. The van der Waals surface area contributed by atoms with Crippen molar-refractivity contribution in [3.05, 3.63) is 48.6 Å². The number of hydrogen-bond donors (Lipinski definition) is 0. The largest absolute Gasteiger partial charge is 0.294 e. The Morgan fingerprint density at radius 3 is 0.739 bits per heavy atom. The van der Waals surface area contributed by atoms with Gasteiger partial charge in [-0.3, -0.25) is 38.4 Å². The van der Waals surface area contributed by atoms with Gasteiger partial charge < -0.3 is 0 Å². The van der Waals surface area contributed by atoms with Crippen molar-refractivity contribution in [1.82, 2.24) is 0 Å². The topological polar surface area (TPSA) is 137 Å². The summed E-state index contributed by atoms with van der Waals surface area (Å²) in [7, 11) is 0. The monoisotopic (exact) mass is 632 g/mol. The van der Waals surface area contributed by atoms with E-state index in [4.69, 9.17) is 0 Å². The Kier molecular flexibility index (Phi) is 12.2. The van der Waals surface area contributed by atoms with Crippen LogP contribution in [0.2, 0.25) is 0 Å². The lowest BCUT2D eigenvalue weighted by Gasteiger charge is -2.33. The molecule has 0 amide bonds. The van der Waals surface area contributed by atoms with Crippen molar-refractivity contribution in [3.63, 3.8) is 0 Å². The first-order valence-corrected chi connectivity index (χ1v) is 16.9. The van der Waals surface area contributed by atoms with Crippen molar-refractivity contribution in [1.29, 1.82) is 0 Å². The normalized spacial score (nSPS) is 27.0. The van der Waals surface area contributed by atoms with Crippen molar-refractivity contribution in [3.8, 4) is 0 Å². The van der Waals surface area contributed by atoms with Crippen LogP contribution in [0.15, 0.2) is 48.6 Å². The molecular formula is C38H48O8. The van der Waals surface area contributed by atoms with E-state index in [9.17, 15) is 38.4 Å². The maximum atomic E-state index is 13.7. The molecule has 3 aliphatic carbocycles. The lowest BCUT2D eigenvalue weighted by Crippen LogP contribution is -2.42. The highest BCUT2D eigenvalue weighted by atomic mass is 16.2. The molecule has 0 aromatic rings. The predicted molar refractivity (Wildman–Crippen MR) is 174 cm³/mol. The molecule has 2 fully saturated rings. The van der Waals surface area contributed by atoms with E-state index >= 15 is 0 Å². The van der Waals surface area contributed by atoms with Crippen LogP contribution in [-0.2, 0) is 38.4 Å². The molecule has 2 saturated carbocycles. The molecule has 0 aromatic carbocycles. The minimum atomic E-state index is -1.54. The highest BCUT2D eigenvalue weighted by Gasteiger charge is 2.47. The third kappa shape index (κ3) is 6.72. The Labute approximate surface area is 272 Å². The smallest absolute Gasteiger partial charge is 0.169 e. The van der Waals surface area contributed by atoms with Crippen LogP contribution in [0.3, 0.4) is 0 Å². The van der Waals surface area contributed by atoms with Crippen LogP contribution in [0.1, 0.15) is 118 Å². The fraction of sp³-hybridized carbons (Fsp3) is 0.579. The van der Waals surface area contributed by atoms with Gasteiger partial charge in [0.2, 0.25) is 0 Å². The fourth-order valence-corrected chi connectivity index (χ4v) is 7.56. The first-order chi connectivity index (χ1) is 21.9. The SMILES string of the molecule is CCC1(CC)C(=O)/C=C\C(=O)C2(CCCCC2)C(=O)/C=C/C(=O)C(CC)(CC)C(=O)/C=C/C(=O)C2(CCCCC2)C(=O)/C=C/C1=O. The van der Waals surface area contributed by atoms with E-state index in [1.165, 1.54) is 0 Å². The lowest BCUT2D eigenvalue weighted by molar-refractivity contribution is -0.139. The summed E-state index contributed by atoms with van der Waals surface area (Å²) in [6, 6.07) is 0. The maximum Gasteiger partial charge on any atom is 0.169 e. The van der Waals surface area contributed by atoms with Crippen molar-refractivity contribution in [2.75, 3.05) is 0 Å². The zero-order valence-electron chi connectivity index (χ0n) is 27.8. The zero-order valence-corrected chi connectivity index (χ0v) is 27.8. The van der Waals surface area contributed by atoms with Crippen LogP contribution in [0.5, 0.6) is 0 Å². The van der Waals surface area contributed by atoms with Crippen LogP contribution < -0.4 is 0 Å². The highest BCUT2D eigenvalue weighted by Crippen LogP contribution is 2.41. The number of allylic oxidation sites excluding steroid dienone is 8. The molecule has 3 rings (SSSR count). The van der Waals surface area contributed by atoms with Gasteiger partial charge in [0, 0.05) is 0 Å². The molecule has 0 aromatic heterocycles. The van der Waals surface area contributed by atoms with E-state index in [0.29, 0.717) is 25.7 Å². The van der Waals surface area contributed by atoms with Crippen LogP contribution in [0.4, 0.5) is 0 Å². The fourth-order valence-electron chi connectivity index (χ4n) is 7.56. The minimum Gasteiger partial charge on any atom is -0.294 e. The summed E-state index contributed by atoms with van der Waals surface area (Å²) in [5.41, 5.74) is -6.00. The molecule has 8 heteroatoms. The van der Waals surface area contributed by atoms with Crippen LogP contribution >= 0.6 is 0 Å². The number of carbonyl (C=O) groups excluding carboxylic acids is 8. The molecule has 2 spiro atoms. The Morgan fingerprint density at radius 1 is 0.348 bits per heavy atom. The van der Waals surface area contributed by atoms with Gasteiger partial charge in [-0.25, -0.2) is 0 Å². The molecule has 0 heterocycles. The summed E-state index contributed by atoms with van der Waals surface area (Å²) >= 11 is 0. The summed E-state index contributed by atoms with van der Waals surface area (Å²) in [4.78, 5) is 109.